The first-order valence-electron chi connectivity index (χ1n) is 20.9. The van der Waals surface area contributed by atoms with E-state index in [4.69, 9.17) is 0 Å². The van der Waals surface area contributed by atoms with E-state index in [1.807, 2.05) is 30.3 Å². The number of rotatable bonds is 7. The van der Waals surface area contributed by atoms with Crippen molar-refractivity contribution in [3.63, 3.8) is 0 Å². The number of para-hydroxylation sites is 1. The third-order valence-electron chi connectivity index (χ3n) is 14.1. The van der Waals surface area contributed by atoms with E-state index in [-0.39, 0.29) is 24.5 Å². The Kier molecular flexibility index (Phi) is 9.15. The van der Waals surface area contributed by atoms with Crippen molar-refractivity contribution >= 4 is 40.8 Å². The quantitative estimate of drug-likeness (QED) is 0.301. The fourth-order valence-corrected chi connectivity index (χ4v) is 11.0. The minimum atomic E-state index is -0.947. The molecule has 1 saturated carbocycles. The highest BCUT2D eigenvalue weighted by Crippen LogP contribution is 2.53. The highest BCUT2D eigenvalue weighted by molar-refractivity contribution is 6.23. The SMILES string of the molecule is O=C1CCC(N2C(=O)c3ccc(N4CCC5(CC4)CC(CN4CCC(CN6CCN7c8cc(-c9ccccc9O)nnc8NCC7C6)CC4)C5)cc3C2=O)C(=O)N1. The monoisotopic (exact) mass is 773 g/mol. The second kappa shape index (κ2) is 14.4. The number of aromatic hydroxyl groups is 1. The van der Waals surface area contributed by atoms with Crippen LogP contribution in [0.25, 0.3) is 11.3 Å². The normalized spacial score (nSPS) is 25.5. The number of hydrogen-bond donors (Lipinski definition) is 3. The smallest absolute Gasteiger partial charge is 0.262 e. The Labute approximate surface area is 332 Å². The molecule has 0 radical (unpaired) electrons. The van der Waals surface area contributed by atoms with Crippen molar-refractivity contribution in [2.75, 3.05) is 80.6 Å². The molecular weight excluding hydrogens is 723 g/mol. The number of aromatic nitrogens is 2. The Balaban J connectivity index is 0.665. The van der Waals surface area contributed by atoms with E-state index in [9.17, 15) is 24.3 Å². The molecule has 7 aliphatic rings. The van der Waals surface area contributed by atoms with Gasteiger partial charge in [-0.1, -0.05) is 12.1 Å². The Morgan fingerprint density at radius 1 is 0.772 bits per heavy atom. The van der Waals surface area contributed by atoms with Gasteiger partial charge in [0.2, 0.25) is 11.8 Å². The largest absolute Gasteiger partial charge is 0.507 e. The van der Waals surface area contributed by atoms with E-state index in [0.717, 1.165) is 86.0 Å². The topological polar surface area (TPSA) is 155 Å². The van der Waals surface area contributed by atoms with Gasteiger partial charge < -0.3 is 25.1 Å². The summed E-state index contributed by atoms with van der Waals surface area (Å²) in [4.78, 5) is 61.9. The molecular formula is C43H51N9O5. The summed E-state index contributed by atoms with van der Waals surface area (Å²) in [5.74, 6) is 0.678. The van der Waals surface area contributed by atoms with Crippen molar-refractivity contribution in [3.05, 3.63) is 59.7 Å². The third-order valence-corrected chi connectivity index (χ3v) is 14.1. The standard InChI is InChI=1S/C43H51N9O5/c53-37-4-2-1-3-32(37)34-20-36-39(47-46-34)44-23-30-26-49(17-18-51(30)36)24-27-9-13-48(14-10-27)25-28-21-43(22-28)11-15-50(16-12-43)29-5-6-31-33(19-29)42(57)52(41(31)56)35-7-8-38(54)45-40(35)55/h1-6,19-20,27-28,30,35,53H,7-18,21-26H2,(H,44,47)(H,45,54,55). The summed E-state index contributed by atoms with van der Waals surface area (Å²) in [5.41, 5.74) is 4.52. The summed E-state index contributed by atoms with van der Waals surface area (Å²) < 4.78 is 0. The summed E-state index contributed by atoms with van der Waals surface area (Å²) in [6.07, 6.45) is 7.66. The van der Waals surface area contributed by atoms with Crippen molar-refractivity contribution in [1.82, 2.24) is 30.2 Å². The van der Waals surface area contributed by atoms with Crippen LogP contribution in [0.5, 0.6) is 5.75 Å². The number of carbonyl (C=O) groups is 4. The number of nitrogens with zero attached hydrogens (tertiary/aromatic N) is 7. The van der Waals surface area contributed by atoms with Crippen molar-refractivity contribution in [1.29, 1.82) is 0 Å². The van der Waals surface area contributed by atoms with Gasteiger partial charge in [0.1, 0.15) is 11.8 Å². The number of amides is 4. The maximum atomic E-state index is 13.4. The Hall–Kier alpha value is -5.08. The molecule has 1 spiro atoms. The lowest BCUT2D eigenvalue weighted by Crippen LogP contribution is -2.58. The average Bonchev–Trinajstić information content (AvgIpc) is 3.46. The Morgan fingerprint density at radius 2 is 1.54 bits per heavy atom. The number of piperazine rings is 1. The zero-order valence-corrected chi connectivity index (χ0v) is 32.4. The molecule has 10 rings (SSSR count). The number of carbonyl (C=O) groups excluding carboxylic acids is 4. The number of phenols is 1. The van der Waals surface area contributed by atoms with Crippen LogP contribution in [0.3, 0.4) is 0 Å². The summed E-state index contributed by atoms with van der Waals surface area (Å²) in [6, 6.07) is 14.3. The molecule has 2 unspecified atom stereocenters. The predicted molar refractivity (Wildman–Crippen MR) is 214 cm³/mol. The second-order valence-electron chi connectivity index (χ2n) is 17.7. The number of benzene rings is 2. The van der Waals surface area contributed by atoms with Crippen LogP contribution in [0.1, 0.15) is 72.1 Å². The molecule has 298 valence electrons. The van der Waals surface area contributed by atoms with Gasteiger partial charge in [-0.2, -0.15) is 0 Å². The highest BCUT2D eigenvalue weighted by Gasteiger charge is 2.48. The van der Waals surface area contributed by atoms with Gasteiger partial charge in [-0.15, -0.1) is 10.2 Å². The number of hydrogen-bond acceptors (Lipinski definition) is 12. The van der Waals surface area contributed by atoms with Gasteiger partial charge in [-0.3, -0.25) is 34.3 Å². The van der Waals surface area contributed by atoms with Gasteiger partial charge in [0.15, 0.2) is 5.82 Å². The van der Waals surface area contributed by atoms with E-state index in [1.165, 1.54) is 51.9 Å². The van der Waals surface area contributed by atoms with E-state index in [1.54, 1.807) is 12.1 Å². The van der Waals surface area contributed by atoms with Gasteiger partial charge in [0, 0.05) is 70.0 Å². The van der Waals surface area contributed by atoms with Gasteiger partial charge in [-0.05, 0) is 112 Å². The molecule has 5 fully saturated rings. The molecule has 3 aromatic rings. The molecule has 3 N–H and O–H groups in total. The second-order valence-corrected chi connectivity index (χ2v) is 17.7. The Morgan fingerprint density at radius 3 is 2.33 bits per heavy atom. The van der Waals surface area contributed by atoms with Crippen molar-refractivity contribution in [2.45, 2.75) is 63.5 Å². The maximum Gasteiger partial charge on any atom is 0.262 e. The molecule has 2 aromatic carbocycles. The molecule has 4 amide bonds. The van der Waals surface area contributed by atoms with Gasteiger partial charge in [0.05, 0.1) is 28.6 Å². The first-order valence-corrected chi connectivity index (χ1v) is 20.9. The maximum absolute atomic E-state index is 13.4. The van der Waals surface area contributed by atoms with Crippen molar-refractivity contribution in [2.24, 2.45) is 17.3 Å². The van der Waals surface area contributed by atoms with Crippen LogP contribution in [0, 0.1) is 17.3 Å². The van der Waals surface area contributed by atoms with Gasteiger partial charge in [-0.25, -0.2) is 0 Å². The lowest BCUT2D eigenvalue weighted by atomic mass is 9.57. The molecule has 4 saturated heterocycles. The summed E-state index contributed by atoms with van der Waals surface area (Å²) in [5, 5.41) is 25.1. The number of fused-ring (bicyclic) bond motifs is 4. The third kappa shape index (κ3) is 6.69. The lowest BCUT2D eigenvalue weighted by molar-refractivity contribution is -0.136. The molecule has 1 aliphatic carbocycles. The number of phenolic OH excluding ortho intramolecular Hbond substituents is 1. The van der Waals surface area contributed by atoms with Crippen LogP contribution in [0.2, 0.25) is 0 Å². The molecule has 0 bridgehead atoms. The zero-order chi connectivity index (χ0) is 38.8. The number of imide groups is 2. The van der Waals surface area contributed by atoms with E-state index >= 15 is 0 Å². The van der Waals surface area contributed by atoms with Crippen LogP contribution in [-0.2, 0) is 9.59 Å². The minimum Gasteiger partial charge on any atom is -0.507 e. The zero-order valence-electron chi connectivity index (χ0n) is 32.4. The fourth-order valence-electron chi connectivity index (χ4n) is 11.0. The van der Waals surface area contributed by atoms with Gasteiger partial charge in [0.25, 0.3) is 11.8 Å². The first-order chi connectivity index (χ1) is 27.7. The number of nitrogens with one attached hydrogen (secondary N) is 2. The number of piperidine rings is 3. The molecule has 6 aliphatic heterocycles. The van der Waals surface area contributed by atoms with E-state index in [2.05, 4.69) is 46.5 Å². The fraction of sp³-hybridized carbons (Fsp3) is 0.535. The van der Waals surface area contributed by atoms with Crippen LogP contribution in [0.4, 0.5) is 17.2 Å². The Bertz CT molecular complexity index is 2100. The van der Waals surface area contributed by atoms with Crippen molar-refractivity contribution in [3.8, 4) is 17.0 Å². The first kappa shape index (κ1) is 36.3. The lowest BCUT2D eigenvalue weighted by Gasteiger charge is -2.54. The summed E-state index contributed by atoms with van der Waals surface area (Å²) in [6.45, 7) is 10.5. The predicted octanol–water partition coefficient (Wildman–Crippen LogP) is 3.58. The molecule has 7 heterocycles. The number of likely N-dealkylation sites (tertiary alicyclic amines) is 1. The molecule has 2 atom stereocenters. The molecule has 57 heavy (non-hydrogen) atoms. The van der Waals surface area contributed by atoms with Crippen LogP contribution in [-0.4, -0.2) is 131 Å². The van der Waals surface area contributed by atoms with Crippen molar-refractivity contribution < 1.29 is 24.3 Å². The van der Waals surface area contributed by atoms with E-state index in [0.29, 0.717) is 33.8 Å². The van der Waals surface area contributed by atoms with Crippen LogP contribution in [0.15, 0.2) is 48.5 Å². The summed E-state index contributed by atoms with van der Waals surface area (Å²) >= 11 is 0. The van der Waals surface area contributed by atoms with Crippen LogP contribution < -0.4 is 20.4 Å². The molecule has 14 heteroatoms. The highest BCUT2D eigenvalue weighted by atomic mass is 16.3. The van der Waals surface area contributed by atoms with Crippen LogP contribution >= 0.6 is 0 Å². The molecule has 14 nitrogen and oxygen atoms in total. The minimum absolute atomic E-state index is 0.113. The number of anilines is 3. The average molecular weight is 774 g/mol. The summed E-state index contributed by atoms with van der Waals surface area (Å²) in [7, 11) is 0. The molecule has 1 aromatic heterocycles. The van der Waals surface area contributed by atoms with E-state index < -0.39 is 23.8 Å². The van der Waals surface area contributed by atoms with Gasteiger partial charge >= 0.3 is 0 Å².